The SMILES string of the molecule is CCCCCCN.CNC(C)CCC1CCCC1N(C)C=O. The zero-order chi connectivity index (χ0) is 16.8. The monoisotopic (exact) mass is 313 g/mol. The number of rotatable bonds is 10. The Kier molecular flexibility index (Phi) is 13.6. The number of amides is 1. The first kappa shape index (κ1) is 21.4. The highest BCUT2D eigenvalue weighted by atomic mass is 16.1. The average molecular weight is 314 g/mol. The van der Waals surface area contributed by atoms with E-state index in [0.717, 1.165) is 18.9 Å². The highest BCUT2D eigenvalue weighted by molar-refractivity contribution is 5.47. The van der Waals surface area contributed by atoms with Crippen molar-refractivity contribution < 1.29 is 4.79 Å². The maximum absolute atomic E-state index is 10.7. The van der Waals surface area contributed by atoms with Crippen LogP contribution < -0.4 is 11.1 Å². The van der Waals surface area contributed by atoms with E-state index in [1.165, 1.54) is 57.8 Å². The normalized spacial score (nSPS) is 21.9. The summed E-state index contributed by atoms with van der Waals surface area (Å²) in [4.78, 5) is 12.6. The number of nitrogens with two attached hydrogens (primary N) is 1. The molecule has 0 aromatic heterocycles. The van der Waals surface area contributed by atoms with E-state index in [0.29, 0.717) is 12.1 Å². The van der Waals surface area contributed by atoms with Gasteiger partial charge in [0, 0.05) is 19.1 Å². The summed E-state index contributed by atoms with van der Waals surface area (Å²) in [7, 11) is 3.92. The lowest BCUT2D eigenvalue weighted by atomic mass is 9.95. The smallest absolute Gasteiger partial charge is 0.209 e. The van der Waals surface area contributed by atoms with Gasteiger partial charge in [-0.2, -0.15) is 0 Å². The van der Waals surface area contributed by atoms with Gasteiger partial charge in [-0.1, -0.05) is 32.6 Å². The minimum absolute atomic E-state index is 0.492. The van der Waals surface area contributed by atoms with Gasteiger partial charge in [-0.05, 0) is 58.5 Å². The summed E-state index contributed by atoms with van der Waals surface area (Å²) < 4.78 is 0. The maximum Gasteiger partial charge on any atom is 0.209 e. The van der Waals surface area contributed by atoms with Gasteiger partial charge >= 0.3 is 0 Å². The lowest BCUT2D eigenvalue weighted by Crippen LogP contribution is -2.34. The van der Waals surface area contributed by atoms with Gasteiger partial charge in [0.2, 0.25) is 6.41 Å². The molecule has 3 atom stereocenters. The molecule has 0 bridgehead atoms. The summed E-state index contributed by atoms with van der Waals surface area (Å²) in [5, 5.41) is 3.26. The van der Waals surface area contributed by atoms with Gasteiger partial charge in [0.15, 0.2) is 0 Å². The van der Waals surface area contributed by atoms with Crippen molar-refractivity contribution in [1.82, 2.24) is 10.2 Å². The molecule has 0 spiro atoms. The van der Waals surface area contributed by atoms with E-state index in [9.17, 15) is 4.79 Å². The molecule has 3 N–H and O–H groups in total. The lowest BCUT2D eigenvalue weighted by Gasteiger charge is -2.27. The third kappa shape index (κ3) is 9.42. The van der Waals surface area contributed by atoms with Crippen LogP contribution in [0.1, 0.15) is 71.6 Å². The van der Waals surface area contributed by atoms with Crippen molar-refractivity contribution in [3.63, 3.8) is 0 Å². The Morgan fingerprint density at radius 1 is 1.32 bits per heavy atom. The van der Waals surface area contributed by atoms with Crippen molar-refractivity contribution in [3.05, 3.63) is 0 Å². The van der Waals surface area contributed by atoms with E-state index in [2.05, 4.69) is 19.2 Å². The van der Waals surface area contributed by atoms with Gasteiger partial charge < -0.3 is 16.0 Å². The fourth-order valence-electron chi connectivity index (χ4n) is 3.15. The highest BCUT2D eigenvalue weighted by Gasteiger charge is 2.29. The van der Waals surface area contributed by atoms with Crippen molar-refractivity contribution in [2.75, 3.05) is 20.6 Å². The summed E-state index contributed by atoms with van der Waals surface area (Å²) in [5.74, 6) is 0.719. The molecule has 1 amide bonds. The van der Waals surface area contributed by atoms with E-state index < -0.39 is 0 Å². The summed E-state index contributed by atoms with van der Waals surface area (Å²) in [6.45, 7) is 5.28. The van der Waals surface area contributed by atoms with Crippen LogP contribution in [-0.4, -0.2) is 44.0 Å². The molecule has 1 rings (SSSR count). The van der Waals surface area contributed by atoms with Crippen molar-refractivity contribution in [2.24, 2.45) is 11.7 Å². The van der Waals surface area contributed by atoms with Crippen molar-refractivity contribution in [3.8, 4) is 0 Å². The van der Waals surface area contributed by atoms with E-state index >= 15 is 0 Å². The maximum atomic E-state index is 10.7. The zero-order valence-electron chi connectivity index (χ0n) is 15.3. The molecule has 4 heteroatoms. The largest absolute Gasteiger partial charge is 0.345 e. The molecule has 22 heavy (non-hydrogen) atoms. The Morgan fingerprint density at radius 2 is 2.05 bits per heavy atom. The van der Waals surface area contributed by atoms with Gasteiger partial charge in [0.05, 0.1) is 0 Å². The summed E-state index contributed by atoms with van der Waals surface area (Å²) in [6, 6.07) is 1.08. The van der Waals surface area contributed by atoms with Crippen LogP contribution in [0.2, 0.25) is 0 Å². The first-order chi connectivity index (χ1) is 10.6. The molecule has 3 unspecified atom stereocenters. The number of nitrogens with one attached hydrogen (secondary N) is 1. The molecule has 1 fully saturated rings. The summed E-state index contributed by atoms with van der Waals surface area (Å²) in [6.07, 6.45) is 12.4. The van der Waals surface area contributed by atoms with Crippen molar-refractivity contribution >= 4 is 6.41 Å². The molecule has 4 nitrogen and oxygen atoms in total. The predicted octanol–water partition coefficient (Wildman–Crippen LogP) is 3.16. The van der Waals surface area contributed by atoms with Gasteiger partial charge in [0.1, 0.15) is 0 Å². The Hall–Kier alpha value is -0.610. The van der Waals surface area contributed by atoms with Gasteiger partial charge in [-0.3, -0.25) is 4.79 Å². The fraction of sp³-hybridized carbons (Fsp3) is 0.944. The summed E-state index contributed by atoms with van der Waals surface area (Å²) in [5.41, 5.74) is 5.27. The average Bonchev–Trinajstić information content (AvgIpc) is 3.01. The van der Waals surface area contributed by atoms with Gasteiger partial charge in [-0.25, -0.2) is 0 Å². The van der Waals surface area contributed by atoms with Crippen LogP contribution in [0.25, 0.3) is 0 Å². The Balaban J connectivity index is 0.000000534. The second kappa shape index (κ2) is 14.0. The number of carbonyl (C=O) groups excluding carboxylic acids is 1. The van der Waals surface area contributed by atoms with E-state index in [1.807, 2.05) is 19.0 Å². The fourth-order valence-corrected chi connectivity index (χ4v) is 3.15. The standard InChI is InChI=1S/C12H24N2O.C6H15N/c1-10(13-2)7-8-11-5-4-6-12(11)14(3)9-15;1-2-3-4-5-6-7/h9-13H,4-8H2,1-3H3;2-7H2,1H3. The van der Waals surface area contributed by atoms with E-state index in [1.54, 1.807) is 0 Å². The molecule has 0 aliphatic heterocycles. The molecule has 0 aromatic carbocycles. The van der Waals surface area contributed by atoms with Gasteiger partial charge in [-0.15, -0.1) is 0 Å². The summed E-state index contributed by atoms with van der Waals surface area (Å²) >= 11 is 0. The molecule has 0 aromatic rings. The third-order valence-electron chi connectivity index (χ3n) is 4.83. The van der Waals surface area contributed by atoms with Crippen LogP contribution in [0, 0.1) is 5.92 Å². The van der Waals surface area contributed by atoms with Crippen LogP contribution in [0.4, 0.5) is 0 Å². The number of nitrogens with zero attached hydrogens (tertiary/aromatic N) is 1. The molecular weight excluding hydrogens is 274 g/mol. The second-order valence-corrected chi connectivity index (χ2v) is 6.65. The third-order valence-corrected chi connectivity index (χ3v) is 4.83. The topological polar surface area (TPSA) is 58.4 Å². The quantitative estimate of drug-likeness (QED) is 0.481. The lowest BCUT2D eigenvalue weighted by molar-refractivity contribution is -0.119. The van der Waals surface area contributed by atoms with Crippen LogP contribution >= 0.6 is 0 Å². The molecule has 132 valence electrons. The number of hydrogen-bond acceptors (Lipinski definition) is 3. The molecule has 1 aliphatic rings. The molecule has 1 saturated carbocycles. The molecule has 0 heterocycles. The van der Waals surface area contributed by atoms with Crippen LogP contribution in [-0.2, 0) is 4.79 Å². The molecule has 0 radical (unpaired) electrons. The van der Waals surface area contributed by atoms with Crippen molar-refractivity contribution in [2.45, 2.75) is 83.7 Å². The van der Waals surface area contributed by atoms with Crippen LogP contribution in [0.3, 0.4) is 0 Å². The molecule has 0 saturated heterocycles. The van der Waals surface area contributed by atoms with Crippen molar-refractivity contribution in [1.29, 1.82) is 0 Å². The number of carbonyl (C=O) groups is 1. The second-order valence-electron chi connectivity index (χ2n) is 6.65. The molecular formula is C18H39N3O. The first-order valence-corrected chi connectivity index (χ1v) is 9.15. The molecule has 1 aliphatic carbocycles. The Bertz CT molecular complexity index is 257. The minimum Gasteiger partial charge on any atom is -0.345 e. The van der Waals surface area contributed by atoms with Gasteiger partial charge in [0.25, 0.3) is 0 Å². The zero-order valence-corrected chi connectivity index (χ0v) is 15.3. The van der Waals surface area contributed by atoms with E-state index in [-0.39, 0.29) is 0 Å². The van der Waals surface area contributed by atoms with E-state index in [4.69, 9.17) is 5.73 Å². The first-order valence-electron chi connectivity index (χ1n) is 9.15. The highest BCUT2D eigenvalue weighted by Crippen LogP contribution is 2.32. The minimum atomic E-state index is 0.492. The van der Waals surface area contributed by atoms with Crippen LogP contribution in [0.15, 0.2) is 0 Å². The Labute approximate surface area is 138 Å². The predicted molar refractivity (Wildman–Crippen MR) is 95.9 cm³/mol. The number of unbranched alkanes of at least 4 members (excludes halogenated alkanes) is 3. The Morgan fingerprint density at radius 3 is 2.59 bits per heavy atom. The number of hydrogen-bond donors (Lipinski definition) is 2. The van der Waals surface area contributed by atoms with Crippen LogP contribution in [0.5, 0.6) is 0 Å².